The Morgan fingerprint density at radius 2 is 1.80 bits per heavy atom. The summed E-state index contributed by atoms with van der Waals surface area (Å²) in [6, 6.07) is 9.93. The number of piperazine rings is 1. The molecule has 1 saturated heterocycles. The summed E-state index contributed by atoms with van der Waals surface area (Å²) in [5.74, 6) is 0.885. The topological polar surface area (TPSA) is 39.5 Å². The van der Waals surface area contributed by atoms with E-state index in [1.807, 2.05) is 24.3 Å². The van der Waals surface area contributed by atoms with Crippen molar-refractivity contribution < 1.29 is 4.74 Å². The van der Waals surface area contributed by atoms with Crippen molar-refractivity contribution in [3.63, 3.8) is 0 Å². The summed E-state index contributed by atoms with van der Waals surface area (Å²) in [7, 11) is 2.16. The predicted octanol–water partition coefficient (Wildman–Crippen LogP) is 1.96. The molecular weight excluding hydrogens is 318 g/mol. The van der Waals surface area contributed by atoms with Crippen molar-refractivity contribution in [2.24, 2.45) is 0 Å². The molecule has 1 aromatic rings. The second-order valence-corrected chi connectivity index (χ2v) is 4.97. The lowest BCUT2D eigenvalue weighted by Crippen LogP contribution is -2.45. The first kappa shape index (κ1) is 17.0. The van der Waals surface area contributed by atoms with Crippen LogP contribution >= 0.6 is 17.0 Å². The van der Waals surface area contributed by atoms with Crippen LogP contribution in [0, 0.1) is 11.3 Å². The Kier molecular flexibility index (Phi) is 7.60. The third-order valence-corrected chi connectivity index (χ3v) is 3.48. The lowest BCUT2D eigenvalue weighted by Gasteiger charge is -2.32. The van der Waals surface area contributed by atoms with Gasteiger partial charge in [-0.25, -0.2) is 0 Å². The zero-order valence-electron chi connectivity index (χ0n) is 11.9. The highest BCUT2D eigenvalue weighted by molar-refractivity contribution is 8.93. The summed E-state index contributed by atoms with van der Waals surface area (Å²) >= 11 is 0. The molecule has 2 rings (SSSR count). The van der Waals surface area contributed by atoms with Gasteiger partial charge in [-0.05, 0) is 24.7 Å². The molecule has 0 bridgehead atoms. The van der Waals surface area contributed by atoms with E-state index in [0.29, 0.717) is 6.42 Å². The molecule has 4 nitrogen and oxygen atoms in total. The quantitative estimate of drug-likeness (QED) is 0.822. The van der Waals surface area contributed by atoms with Gasteiger partial charge in [0, 0.05) is 32.7 Å². The van der Waals surface area contributed by atoms with Crippen molar-refractivity contribution >= 4 is 17.0 Å². The van der Waals surface area contributed by atoms with Crippen LogP contribution in [0.25, 0.3) is 0 Å². The molecule has 5 heteroatoms. The minimum absolute atomic E-state index is 0. The highest BCUT2D eigenvalue weighted by atomic mass is 79.9. The Morgan fingerprint density at radius 1 is 1.15 bits per heavy atom. The van der Waals surface area contributed by atoms with E-state index in [-0.39, 0.29) is 17.0 Å². The summed E-state index contributed by atoms with van der Waals surface area (Å²) in [5.41, 5.74) is 1.04. The van der Waals surface area contributed by atoms with Crippen molar-refractivity contribution in [2.75, 3.05) is 46.4 Å². The van der Waals surface area contributed by atoms with E-state index in [9.17, 15) is 0 Å². The summed E-state index contributed by atoms with van der Waals surface area (Å²) in [6.07, 6.45) is 0.460. The molecular formula is C15H22BrN3O. The van der Waals surface area contributed by atoms with Crippen LogP contribution < -0.4 is 4.74 Å². The predicted molar refractivity (Wildman–Crippen MR) is 85.5 cm³/mol. The number of likely N-dealkylation sites (N-methyl/N-ethyl adjacent to an activating group) is 1. The van der Waals surface area contributed by atoms with Gasteiger partial charge in [0.1, 0.15) is 12.4 Å². The minimum Gasteiger partial charge on any atom is -0.492 e. The third-order valence-electron chi connectivity index (χ3n) is 3.48. The average molecular weight is 340 g/mol. The van der Waals surface area contributed by atoms with Gasteiger partial charge in [-0.1, -0.05) is 12.1 Å². The highest BCUT2D eigenvalue weighted by Gasteiger charge is 2.12. The van der Waals surface area contributed by atoms with Crippen LogP contribution in [0.15, 0.2) is 24.3 Å². The minimum atomic E-state index is 0. The maximum Gasteiger partial charge on any atom is 0.119 e. The number of halogens is 1. The highest BCUT2D eigenvalue weighted by Crippen LogP contribution is 2.12. The molecule has 20 heavy (non-hydrogen) atoms. The first-order chi connectivity index (χ1) is 9.28. The van der Waals surface area contributed by atoms with Crippen molar-refractivity contribution in [3.8, 4) is 11.8 Å². The first-order valence-corrected chi connectivity index (χ1v) is 6.77. The van der Waals surface area contributed by atoms with Crippen LogP contribution in [0.2, 0.25) is 0 Å². The standard InChI is InChI=1S/C15H21N3O.BrH/c1-17-8-10-18(11-9-17)12-13-19-15-4-2-14(3-5-15)6-7-16;/h2-5H,6,8-13H2,1H3;1H. The number of benzene rings is 1. The van der Waals surface area contributed by atoms with Gasteiger partial charge in [-0.15, -0.1) is 17.0 Å². The van der Waals surface area contributed by atoms with Gasteiger partial charge in [0.15, 0.2) is 0 Å². The Hall–Kier alpha value is -1.09. The van der Waals surface area contributed by atoms with Gasteiger partial charge in [-0.3, -0.25) is 4.90 Å². The molecule has 0 atom stereocenters. The van der Waals surface area contributed by atoms with Crippen molar-refractivity contribution in [1.29, 1.82) is 5.26 Å². The van der Waals surface area contributed by atoms with Crippen LogP contribution in [0.5, 0.6) is 5.75 Å². The Morgan fingerprint density at radius 3 is 2.40 bits per heavy atom. The molecule has 1 aliphatic rings. The molecule has 1 fully saturated rings. The fourth-order valence-corrected chi connectivity index (χ4v) is 2.16. The van der Waals surface area contributed by atoms with Gasteiger partial charge < -0.3 is 9.64 Å². The Labute approximate surface area is 131 Å². The summed E-state index contributed by atoms with van der Waals surface area (Å²) in [6.45, 7) is 6.24. The molecule has 0 aromatic heterocycles. The number of nitriles is 1. The monoisotopic (exact) mass is 339 g/mol. The van der Waals surface area contributed by atoms with E-state index in [4.69, 9.17) is 10.00 Å². The summed E-state index contributed by atoms with van der Waals surface area (Å²) in [4.78, 5) is 4.79. The fourth-order valence-electron chi connectivity index (χ4n) is 2.16. The zero-order chi connectivity index (χ0) is 13.5. The van der Waals surface area contributed by atoms with Gasteiger partial charge in [0.25, 0.3) is 0 Å². The second-order valence-electron chi connectivity index (χ2n) is 4.97. The van der Waals surface area contributed by atoms with Crippen LogP contribution in [-0.2, 0) is 6.42 Å². The van der Waals surface area contributed by atoms with E-state index in [1.165, 1.54) is 0 Å². The van der Waals surface area contributed by atoms with Crippen molar-refractivity contribution in [1.82, 2.24) is 9.80 Å². The normalized spacial score (nSPS) is 16.2. The molecule has 1 heterocycles. The average Bonchev–Trinajstić information content (AvgIpc) is 2.43. The summed E-state index contributed by atoms with van der Waals surface area (Å²) in [5, 5.41) is 8.60. The maximum atomic E-state index is 8.60. The molecule has 0 unspecified atom stereocenters. The lowest BCUT2D eigenvalue weighted by molar-refractivity contribution is 0.134. The molecule has 0 spiro atoms. The van der Waals surface area contributed by atoms with E-state index in [0.717, 1.165) is 50.6 Å². The number of rotatable bonds is 5. The molecule has 0 amide bonds. The van der Waals surface area contributed by atoms with E-state index >= 15 is 0 Å². The van der Waals surface area contributed by atoms with Crippen LogP contribution in [0.3, 0.4) is 0 Å². The van der Waals surface area contributed by atoms with Crippen molar-refractivity contribution in [2.45, 2.75) is 6.42 Å². The Bertz CT molecular complexity index is 422. The van der Waals surface area contributed by atoms with Gasteiger partial charge in [0.05, 0.1) is 12.5 Å². The largest absolute Gasteiger partial charge is 0.492 e. The molecule has 0 N–H and O–H groups in total. The number of ether oxygens (including phenoxy) is 1. The first-order valence-electron chi connectivity index (χ1n) is 6.77. The molecule has 0 aliphatic carbocycles. The SMILES string of the molecule is Br.CN1CCN(CCOc2ccc(CC#N)cc2)CC1. The smallest absolute Gasteiger partial charge is 0.119 e. The van der Waals surface area contributed by atoms with Crippen LogP contribution in [-0.4, -0.2) is 56.2 Å². The maximum absolute atomic E-state index is 8.60. The van der Waals surface area contributed by atoms with E-state index in [1.54, 1.807) is 0 Å². The third kappa shape index (κ3) is 5.49. The molecule has 1 aliphatic heterocycles. The fraction of sp³-hybridized carbons (Fsp3) is 0.533. The molecule has 1 aromatic carbocycles. The number of hydrogen-bond acceptors (Lipinski definition) is 4. The van der Waals surface area contributed by atoms with E-state index < -0.39 is 0 Å². The van der Waals surface area contributed by atoms with Crippen molar-refractivity contribution in [3.05, 3.63) is 29.8 Å². The number of nitrogens with zero attached hydrogens (tertiary/aromatic N) is 3. The molecule has 110 valence electrons. The van der Waals surface area contributed by atoms with Crippen LogP contribution in [0.4, 0.5) is 0 Å². The number of hydrogen-bond donors (Lipinski definition) is 0. The zero-order valence-corrected chi connectivity index (χ0v) is 13.6. The van der Waals surface area contributed by atoms with Gasteiger partial charge in [-0.2, -0.15) is 5.26 Å². The van der Waals surface area contributed by atoms with Gasteiger partial charge >= 0.3 is 0 Å². The molecule has 0 radical (unpaired) electrons. The van der Waals surface area contributed by atoms with E-state index in [2.05, 4.69) is 22.9 Å². The summed E-state index contributed by atoms with van der Waals surface area (Å²) < 4.78 is 5.73. The second kappa shape index (κ2) is 8.96. The Balaban J connectivity index is 0.00000200. The molecule has 0 saturated carbocycles. The lowest BCUT2D eigenvalue weighted by atomic mass is 10.2. The van der Waals surface area contributed by atoms with Crippen LogP contribution in [0.1, 0.15) is 5.56 Å². The van der Waals surface area contributed by atoms with Gasteiger partial charge in [0.2, 0.25) is 0 Å².